The number of fused-ring (bicyclic) bond motifs is 3. The number of rotatable bonds is 3. The number of carbonyl (C=O) groups excluding carboxylic acids is 2. The first kappa shape index (κ1) is 25.3. The predicted molar refractivity (Wildman–Crippen MR) is 115 cm³/mol. The Labute approximate surface area is 210 Å². The summed E-state index contributed by atoms with van der Waals surface area (Å²) >= 11 is 12.8. The van der Waals surface area contributed by atoms with Crippen LogP contribution < -0.4 is 29.6 Å². The van der Waals surface area contributed by atoms with Crippen molar-refractivity contribution in [2.75, 3.05) is 19.7 Å². The third-order valence-electron chi connectivity index (χ3n) is 4.79. The van der Waals surface area contributed by atoms with E-state index in [2.05, 4.69) is 0 Å². The van der Waals surface area contributed by atoms with E-state index in [4.69, 9.17) is 32.7 Å². The SMILES string of the molecule is CCOC(=O)Cn1c2c(c3cc(Cl)cc(Cl)c31)CCN(C(=O)OC(C)(C)C)CC2.[H-].[Na+]. The van der Waals surface area contributed by atoms with Crippen molar-refractivity contribution in [2.24, 2.45) is 0 Å². The molecule has 0 atom stereocenters. The molecule has 160 valence electrons. The molecule has 30 heavy (non-hydrogen) atoms. The van der Waals surface area contributed by atoms with Crippen molar-refractivity contribution in [1.82, 2.24) is 9.47 Å². The number of amides is 1. The standard InChI is InChI=1S/C21H26Cl2N2O4.Na.H/c1-5-28-18(26)12-25-17-7-9-24(20(27)29-21(2,3)4)8-6-14(17)15-10-13(22)11-16(23)19(15)25;;/h10-11H,5-9,12H2,1-4H3;;/q;+1;-1. The molecular weight excluding hydrogens is 438 g/mol. The van der Waals surface area contributed by atoms with Gasteiger partial charge in [-0.3, -0.25) is 4.79 Å². The van der Waals surface area contributed by atoms with Crippen LogP contribution in [-0.2, 0) is 33.7 Å². The molecule has 0 aliphatic carbocycles. The third-order valence-corrected chi connectivity index (χ3v) is 5.30. The fraction of sp³-hybridized carbons (Fsp3) is 0.524. The summed E-state index contributed by atoms with van der Waals surface area (Å²) in [5.74, 6) is -0.327. The van der Waals surface area contributed by atoms with Crippen molar-refractivity contribution in [1.29, 1.82) is 0 Å². The second kappa shape index (κ2) is 10.1. The van der Waals surface area contributed by atoms with Gasteiger partial charge in [-0.1, -0.05) is 23.2 Å². The zero-order valence-electron chi connectivity index (χ0n) is 19.2. The van der Waals surface area contributed by atoms with Crippen LogP contribution in [-0.4, -0.2) is 46.8 Å². The Balaban J connectivity index is 0.00000240. The van der Waals surface area contributed by atoms with Crippen LogP contribution in [0.15, 0.2) is 12.1 Å². The molecule has 1 aromatic carbocycles. The fourth-order valence-corrected chi connectivity index (χ4v) is 4.30. The average Bonchev–Trinajstić information content (AvgIpc) is 2.75. The number of carbonyl (C=O) groups is 2. The van der Waals surface area contributed by atoms with E-state index < -0.39 is 5.60 Å². The van der Waals surface area contributed by atoms with Crippen LogP contribution in [0, 0.1) is 0 Å². The summed E-state index contributed by atoms with van der Waals surface area (Å²) in [6, 6.07) is 3.55. The molecule has 1 aliphatic rings. The van der Waals surface area contributed by atoms with Crippen molar-refractivity contribution in [2.45, 2.75) is 52.7 Å². The quantitative estimate of drug-likeness (QED) is 0.514. The molecule has 9 heteroatoms. The third kappa shape index (κ3) is 5.65. The van der Waals surface area contributed by atoms with Crippen molar-refractivity contribution < 1.29 is 50.0 Å². The molecule has 1 aliphatic heterocycles. The minimum atomic E-state index is -0.552. The van der Waals surface area contributed by atoms with E-state index in [0.717, 1.165) is 22.2 Å². The summed E-state index contributed by atoms with van der Waals surface area (Å²) in [5.41, 5.74) is 2.26. The van der Waals surface area contributed by atoms with Crippen molar-refractivity contribution >= 4 is 46.2 Å². The van der Waals surface area contributed by atoms with Crippen molar-refractivity contribution in [3.63, 3.8) is 0 Å². The topological polar surface area (TPSA) is 60.8 Å². The van der Waals surface area contributed by atoms with E-state index in [1.54, 1.807) is 17.9 Å². The number of halogens is 2. The van der Waals surface area contributed by atoms with Crippen LogP contribution in [0.3, 0.4) is 0 Å². The molecule has 0 saturated heterocycles. The Morgan fingerprint density at radius 3 is 2.47 bits per heavy atom. The maximum atomic E-state index is 12.5. The first-order valence-corrected chi connectivity index (χ1v) is 10.5. The van der Waals surface area contributed by atoms with Crippen LogP contribution in [0.25, 0.3) is 10.9 Å². The molecule has 0 fully saturated rings. The minimum Gasteiger partial charge on any atom is -1.00 e. The van der Waals surface area contributed by atoms with E-state index in [9.17, 15) is 9.59 Å². The monoisotopic (exact) mass is 464 g/mol. The van der Waals surface area contributed by atoms with Gasteiger partial charge in [-0.25, -0.2) is 4.79 Å². The van der Waals surface area contributed by atoms with Gasteiger partial charge in [-0.2, -0.15) is 0 Å². The smallest absolute Gasteiger partial charge is 1.00 e. The Morgan fingerprint density at radius 2 is 1.83 bits per heavy atom. The Hall–Kier alpha value is -0.920. The van der Waals surface area contributed by atoms with Gasteiger partial charge in [0.05, 0.1) is 17.1 Å². The maximum Gasteiger partial charge on any atom is 1.00 e. The Kier molecular flexibility index (Phi) is 8.56. The molecule has 3 rings (SSSR count). The normalized spacial score (nSPS) is 14.0. The molecule has 2 aromatic rings. The summed E-state index contributed by atoms with van der Waals surface area (Å²) < 4.78 is 12.6. The number of benzene rings is 1. The molecule has 0 unspecified atom stereocenters. The number of hydrogen-bond donors (Lipinski definition) is 0. The van der Waals surface area contributed by atoms with Crippen LogP contribution >= 0.6 is 23.2 Å². The molecule has 0 spiro atoms. The van der Waals surface area contributed by atoms with Gasteiger partial charge in [0.25, 0.3) is 0 Å². The molecule has 0 N–H and O–H groups in total. The Bertz CT molecular complexity index is 959. The molecular formula is C21H27Cl2N2NaO4. The molecule has 0 radical (unpaired) electrons. The van der Waals surface area contributed by atoms with Gasteiger partial charge in [-0.05, 0) is 51.8 Å². The van der Waals surface area contributed by atoms with Gasteiger partial charge in [0, 0.05) is 35.6 Å². The number of ether oxygens (including phenoxy) is 2. The van der Waals surface area contributed by atoms with Gasteiger partial charge in [0.15, 0.2) is 0 Å². The van der Waals surface area contributed by atoms with Crippen LogP contribution in [0.4, 0.5) is 4.79 Å². The Morgan fingerprint density at radius 1 is 1.17 bits per heavy atom. The maximum absolute atomic E-state index is 12.5. The summed E-state index contributed by atoms with van der Waals surface area (Å²) in [7, 11) is 0. The first-order chi connectivity index (χ1) is 13.6. The van der Waals surface area contributed by atoms with Gasteiger partial charge >= 0.3 is 41.6 Å². The van der Waals surface area contributed by atoms with E-state index in [0.29, 0.717) is 42.6 Å². The van der Waals surface area contributed by atoms with Crippen LogP contribution in [0.2, 0.25) is 10.0 Å². The van der Waals surface area contributed by atoms with Gasteiger partial charge in [-0.15, -0.1) is 0 Å². The number of aromatic nitrogens is 1. The fourth-order valence-electron chi connectivity index (χ4n) is 3.71. The van der Waals surface area contributed by atoms with Crippen molar-refractivity contribution in [3.05, 3.63) is 33.4 Å². The summed E-state index contributed by atoms with van der Waals surface area (Å²) in [6.45, 7) is 8.71. The number of hydrogen-bond acceptors (Lipinski definition) is 4. The molecule has 6 nitrogen and oxygen atoms in total. The summed E-state index contributed by atoms with van der Waals surface area (Å²) in [6.07, 6.45) is 0.869. The predicted octanol–water partition coefficient (Wildman–Crippen LogP) is 1.96. The van der Waals surface area contributed by atoms with E-state index in [-0.39, 0.29) is 49.6 Å². The van der Waals surface area contributed by atoms with Crippen molar-refractivity contribution in [3.8, 4) is 0 Å². The zero-order valence-corrected chi connectivity index (χ0v) is 21.7. The van der Waals surface area contributed by atoms with Gasteiger partial charge < -0.3 is 20.4 Å². The molecule has 0 bridgehead atoms. The number of nitrogens with zero attached hydrogens (tertiary/aromatic N) is 2. The molecule has 2 heterocycles. The molecule has 1 amide bonds. The second-order valence-electron chi connectivity index (χ2n) is 8.07. The van der Waals surface area contributed by atoms with Crippen LogP contribution in [0.1, 0.15) is 40.4 Å². The molecule has 0 saturated carbocycles. The minimum absolute atomic E-state index is 0. The number of esters is 1. The van der Waals surface area contributed by atoms with E-state index >= 15 is 0 Å². The average molecular weight is 465 g/mol. The second-order valence-corrected chi connectivity index (χ2v) is 8.91. The first-order valence-electron chi connectivity index (χ1n) is 9.73. The summed E-state index contributed by atoms with van der Waals surface area (Å²) in [5, 5.41) is 1.94. The zero-order chi connectivity index (χ0) is 21.3. The molecule has 1 aromatic heterocycles. The van der Waals surface area contributed by atoms with Gasteiger partial charge in [0.1, 0.15) is 12.1 Å². The van der Waals surface area contributed by atoms with Crippen LogP contribution in [0.5, 0.6) is 0 Å². The van der Waals surface area contributed by atoms with E-state index in [1.165, 1.54) is 0 Å². The van der Waals surface area contributed by atoms with Gasteiger partial charge in [0.2, 0.25) is 0 Å². The summed E-state index contributed by atoms with van der Waals surface area (Å²) in [4.78, 5) is 26.5. The van der Waals surface area contributed by atoms with E-state index in [1.807, 2.05) is 31.4 Å². The largest absolute Gasteiger partial charge is 1.00 e.